The van der Waals surface area contributed by atoms with Crippen LogP contribution in [0.4, 0.5) is 22.0 Å². The SMILES string of the molecule is CCC[C@H](Nc1cc(-c2c(N)nn3cccnc23)nc(N2CCOCC2)n1)c1ccc(F)cc1.[HH].[HH].[HH]. The molecule has 3 aromatic heterocycles. The molecule has 1 atom stereocenters. The van der Waals surface area contributed by atoms with E-state index in [4.69, 9.17) is 20.4 Å². The number of nitrogens with two attached hydrogens (primary N) is 1. The van der Waals surface area contributed by atoms with Crippen LogP contribution in [0.25, 0.3) is 16.9 Å². The van der Waals surface area contributed by atoms with Crippen LogP contribution in [0.3, 0.4) is 0 Å². The minimum Gasteiger partial charge on any atom is -0.382 e. The number of fused-ring (bicyclic) bond motifs is 1. The van der Waals surface area contributed by atoms with Gasteiger partial charge in [-0.3, -0.25) is 0 Å². The molecule has 1 aliphatic heterocycles. The molecule has 0 amide bonds. The molecule has 4 heterocycles. The number of morpholine rings is 1. The Bertz CT molecular complexity index is 1280. The van der Waals surface area contributed by atoms with Crippen molar-refractivity contribution in [2.24, 2.45) is 0 Å². The Morgan fingerprint density at radius 3 is 2.76 bits per heavy atom. The topological polar surface area (TPSA) is 106 Å². The summed E-state index contributed by atoms with van der Waals surface area (Å²) in [4.78, 5) is 16.2. The predicted molar refractivity (Wildman–Crippen MR) is 135 cm³/mol. The van der Waals surface area contributed by atoms with Crippen molar-refractivity contribution in [3.8, 4) is 11.3 Å². The summed E-state index contributed by atoms with van der Waals surface area (Å²) in [7, 11) is 0. The summed E-state index contributed by atoms with van der Waals surface area (Å²) in [6, 6.07) is 10.2. The van der Waals surface area contributed by atoms with E-state index in [0.29, 0.717) is 60.8 Å². The van der Waals surface area contributed by atoms with Gasteiger partial charge in [0.25, 0.3) is 0 Å². The first-order valence-corrected chi connectivity index (χ1v) is 11.5. The van der Waals surface area contributed by atoms with Crippen LogP contribution >= 0.6 is 0 Å². The van der Waals surface area contributed by atoms with Crippen molar-refractivity contribution >= 4 is 23.2 Å². The molecule has 0 spiro atoms. The highest BCUT2D eigenvalue weighted by atomic mass is 19.1. The van der Waals surface area contributed by atoms with Gasteiger partial charge < -0.3 is 20.7 Å². The summed E-state index contributed by atoms with van der Waals surface area (Å²) in [6.07, 6.45) is 5.32. The van der Waals surface area contributed by atoms with Crippen LogP contribution in [-0.2, 0) is 4.74 Å². The Hall–Kier alpha value is -3.79. The molecule has 1 aliphatic rings. The van der Waals surface area contributed by atoms with Crippen molar-refractivity contribution in [3.63, 3.8) is 0 Å². The number of halogens is 1. The summed E-state index contributed by atoms with van der Waals surface area (Å²) in [5, 5.41) is 7.93. The van der Waals surface area contributed by atoms with E-state index in [-0.39, 0.29) is 16.1 Å². The van der Waals surface area contributed by atoms with Gasteiger partial charge in [0.05, 0.1) is 30.5 Å². The van der Waals surface area contributed by atoms with Crippen LogP contribution in [-0.4, -0.2) is 50.9 Å². The molecule has 0 bridgehead atoms. The van der Waals surface area contributed by atoms with Gasteiger partial charge in [0, 0.05) is 35.8 Å². The molecule has 34 heavy (non-hydrogen) atoms. The third kappa shape index (κ3) is 4.49. The molecule has 4 aromatic rings. The number of ether oxygens (including phenoxy) is 1. The first-order chi connectivity index (χ1) is 16.6. The highest BCUT2D eigenvalue weighted by Gasteiger charge is 2.22. The standard InChI is InChI=1S/C24H27FN8O.3H2/c1-2-4-18(16-5-7-17(25)8-6-16)28-20-15-19(29-24(30-20)32-11-13-34-14-12-32)21-22(26)31-33-10-3-9-27-23(21)33;;;/h3,5-10,15,18H,2,4,11-14H2,1H3,(H2,26,31)(H,28,29,30);3*1H/t18-;;;/m0.../s1. The molecule has 0 unspecified atom stereocenters. The fraction of sp³-hybridized carbons (Fsp3) is 0.333. The van der Waals surface area contributed by atoms with E-state index in [1.165, 1.54) is 12.1 Å². The van der Waals surface area contributed by atoms with Crippen molar-refractivity contribution in [2.45, 2.75) is 25.8 Å². The monoisotopic (exact) mass is 468 g/mol. The lowest BCUT2D eigenvalue weighted by Gasteiger charge is -2.28. The number of nitrogens with one attached hydrogen (secondary N) is 1. The fourth-order valence-corrected chi connectivity index (χ4v) is 4.18. The number of aromatic nitrogens is 5. The molecule has 0 saturated carbocycles. The second-order valence-corrected chi connectivity index (χ2v) is 8.22. The van der Waals surface area contributed by atoms with E-state index in [2.05, 4.69) is 27.2 Å². The van der Waals surface area contributed by atoms with Crippen LogP contribution in [0.1, 0.15) is 35.7 Å². The molecule has 182 valence electrons. The second-order valence-electron chi connectivity index (χ2n) is 8.22. The molecule has 1 fully saturated rings. The highest BCUT2D eigenvalue weighted by Crippen LogP contribution is 2.32. The molecule has 3 N–H and O–H groups in total. The number of hydrogen-bond donors (Lipinski definition) is 2. The average Bonchev–Trinajstić information content (AvgIpc) is 3.20. The van der Waals surface area contributed by atoms with Gasteiger partial charge in [-0.1, -0.05) is 25.5 Å². The van der Waals surface area contributed by atoms with E-state index in [9.17, 15) is 4.39 Å². The smallest absolute Gasteiger partial charge is 0.228 e. The Morgan fingerprint density at radius 2 is 2.00 bits per heavy atom. The number of hydrogen-bond acceptors (Lipinski definition) is 8. The number of anilines is 3. The third-order valence-electron chi connectivity index (χ3n) is 5.86. The molecule has 0 radical (unpaired) electrons. The minimum absolute atomic E-state index is 0. The van der Waals surface area contributed by atoms with Crippen LogP contribution in [0, 0.1) is 5.82 Å². The van der Waals surface area contributed by atoms with Crippen LogP contribution < -0.4 is 16.0 Å². The quantitative estimate of drug-likeness (QED) is 0.410. The molecule has 10 heteroatoms. The predicted octanol–water partition coefficient (Wildman–Crippen LogP) is 4.44. The van der Waals surface area contributed by atoms with Gasteiger partial charge in [-0.15, -0.1) is 5.10 Å². The maximum atomic E-state index is 13.5. The third-order valence-corrected chi connectivity index (χ3v) is 5.86. The van der Waals surface area contributed by atoms with Crippen LogP contribution in [0.2, 0.25) is 0 Å². The van der Waals surface area contributed by atoms with Crippen LogP contribution in [0.15, 0.2) is 48.8 Å². The lowest BCUT2D eigenvalue weighted by atomic mass is 10.0. The lowest BCUT2D eigenvalue weighted by Crippen LogP contribution is -2.37. The van der Waals surface area contributed by atoms with E-state index in [0.717, 1.165) is 18.4 Å². The van der Waals surface area contributed by atoms with Gasteiger partial charge in [0.1, 0.15) is 11.6 Å². The van der Waals surface area contributed by atoms with Crippen molar-refractivity contribution in [1.82, 2.24) is 24.6 Å². The number of nitrogens with zero attached hydrogens (tertiary/aromatic N) is 6. The minimum atomic E-state index is -0.256. The van der Waals surface area contributed by atoms with Gasteiger partial charge in [0.15, 0.2) is 11.5 Å². The molecule has 0 aliphatic carbocycles. The summed E-state index contributed by atoms with van der Waals surface area (Å²) >= 11 is 0. The van der Waals surface area contributed by atoms with Gasteiger partial charge in [0.2, 0.25) is 5.95 Å². The Morgan fingerprint density at radius 1 is 1.21 bits per heavy atom. The first kappa shape index (κ1) is 22.0. The number of rotatable bonds is 7. The largest absolute Gasteiger partial charge is 0.382 e. The van der Waals surface area contributed by atoms with Crippen molar-refractivity contribution in [2.75, 3.05) is 42.3 Å². The Labute approximate surface area is 201 Å². The highest BCUT2D eigenvalue weighted by molar-refractivity contribution is 5.85. The zero-order valence-electron chi connectivity index (χ0n) is 19.0. The van der Waals surface area contributed by atoms with Crippen molar-refractivity contribution in [3.05, 3.63) is 60.2 Å². The van der Waals surface area contributed by atoms with Gasteiger partial charge >= 0.3 is 0 Å². The zero-order chi connectivity index (χ0) is 23.5. The molecule has 5 rings (SSSR count). The fourth-order valence-electron chi connectivity index (χ4n) is 4.18. The maximum Gasteiger partial charge on any atom is 0.228 e. The van der Waals surface area contributed by atoms with E-state index in [1.807, 2.05) is 6.07 Å². The first-order valence-electron chi connectivity index (χ1n) is 11.5. The van der Waals surface area contributed by atoms with Gasteiger partial charge in [-0.05, 0) is 30.2 Å². The second kappa shape index (κ2) is 9.60. The van der Waals surface area contributed by atoms with Gasteiger partial charge in [-0.2, -0.15) is 4.98 Å². The number of benzene rings is 1. The van der Waals surface area contributed by atoms with Gasteiger partial charge in [-0.25, -0.2) is 18.9 Å². The summed E-state index contributed by atoms with van der Waals surface area (Å²) < 4.78 is 20.7. The summed E-state index contributed by atoms with van der Waals surface area (Å²) in [5.74, 6) is 1.34. The Balaban J connectivity index is 0.00000160. The summed E-state index contributed by atoms with van der Waals surface area (Å²) in [5.41, 5.74) is 9.22. The van der Waals surface area contributed by atoms with Crippen molar-refractivity contribution in [1.29, 1.82) is 0 Å². The number of nitrogen functional groups attached to an aromatic ring is 1. The van der Waals surface area contributed by atoms with E-state index < -0.39 is 0 Å². The summed E-state index contributed by atoms with van der Waals surface area (Å²) in [6.45, 7) is 4.74. The van der Waals surface area contributed by atoms with Crippen molar-refractivity contribution < 1.29 is 13.4 Å². The average molecular weight is 469 g/mol. The maximum absolute atomic E-state index is 13.5. The normalized spacial score (nSPS) is 14.9. The molecule has 1 saturated heterocycles. The van der Waals surface area contributed by atoms with Crippen LogP contribution in [0.5, 0.6) is 0 Å². The molecular weight excluding hydrogens is 435 g/mol. The zero-order valence-corrected chi connectivity index (χ0v) is 19.0. The molecule has 9 nitrogen and oxygen atoms in total. The molecular formula is C24H33FN8O. The Kier molecular flexibility index (Phi) is 6.22. The van der Waals surface area contributed by atoms with E-state index in [1.54, 1.807) is 35.1 Å². The van der Waals surface area contributed by atoms with E-state index >= 15 is 0 Å². The lowest BCUT2D eigenvalue weighted by molar-refractivity contribution is 0.122. The molecule has 1 aromatic carbocycles.